The number of rotatable bonds is 0. The van der Waals surface area contributed by atoms with Crippen molar-refractivity contribution in [1.29, 1.82) is 0 Å². The predicted molar refractivity (Wildman–Crippen MR) is 75.5 cm³/mol. The first-order chi connectivity index (χ1) is 8.93. The van der Waals surface area contributed by atoms with Crippen LogP contribution in [0.2, 0.25) is 0 Å². The van der Waals surface area contributed by atoms with Crippen molar-refractivity contribution in [1.82, 2.24) is 0 Å². The lowest BCUT2D eigenvalue weighted by Gasteiger charge is -2.55. The highest BCUT2D eigenvalue weighted by molar-refractivity contribution is 6.01. The third-order valence-corrected chi connectivity index (χ3v) is 6.10. The molecule has 0 aliphatic heterocycles. The van der Waals surface area contributed by atoms with Gasteiger partial charge in [-0.15, -0.1) is 0 Å². The van der Waals surface area contributed by atoms with E-state index < -0.39 is 0 Å². The fourth-order valence-corrected chi connectivity index (χ4v) is 4.79. The minimum atomic E-state index is -0.234. The van der Waals surface area contributed by atoms with Gasteiger partial charge >= 0.3 is 0 Å². The molecule has 3 rings (SSSR count). The Hall–Kier alpha value is -0.890. The number of ketones is 1. The summed E-state index contributed by atoms with van der Waals surface area (Å²) >= 11 is 0. The second-order valence-corrected chi connectivity index (χ2v) is 7.06. The molecule has 104 valence electrons. The summed E-state index contributed by atoms with van der Waals surface area (Å²) in [6.45, 7) is 6.81. The van der Waals surface area contributed by atoms with Crippen LogP contribution in [-0.2, 0) is 4.79 Å². The Morgan fingerprint density at radius 1 is 1.37 bits per heavy atom. The van der Waals surface area contributed by atoms with Gasteiger partial charge in [0.05, 0.1) is 6.10 Å². The topological polar surface area (TPSA) is 37.3 Å². The highest BCUT2D eigenvalue weighted by Crippen LogP contribution is 2.57. The van der Waals surface area contributed by atoms with Gasteiger partial charge in [-0.2, -0.15) is 0 Å². The zero-order chi connectivity index (χ0) is 13.8. The first-order valence-electron chi connectivity index (χ1n) is 7.56. The van der Waals surface area contributed by atoms with Gasteiger partial charge in [-0.3, -0.25) is 4.79 Å². The van der Waals surface area contributed by atoms with Gasteiger partial charge in [-0.1, -0.05) is 32.4 Å². The molecule has 6 atom stereocenters. The molecule has 0 bridgehead atoms. The average molecular weight is 260 g/mol. The molecule has 0 spiro atoms. The van der Waals surface area contributed by atoms with E-state index in [9.17, 15) is 9.90 Å². The Balaban J connectivity index is 2.01. The molecule has 0 saturated heterocycles. The number of aliphatic hydroxyl groups is 1. The normalized spacial score (nSPS) is 49.4. The lowest BCUT2D eigenvalue weighted by molar-refractivity contribution is -0.111. The molecule has 0 aromatic heterocycles. The molecule has 0 radical (unpaired) electrons. The predicted octanol–water partition coefficient (Wildman–Crippen LogP) is 3.12. The van der Waals surface area contributed by atoms with Crippen LogP contribution in [0.3, 0.4) is 0 Å². The average Bonchev–Trinajstić information content (AvgIpc) is 2.35. The Labute approximate surface area is 115 Å². The Bertz CT molecular complexity index is 462. The van der Waals surface area contributed by atoms with Crippen LogP contribution in [0, 0.1) is 29.1 Å². The maximum absolute atomic E-state index is 11.6. The zero-order valence-corrected chi connectivity index (χ0v) is 12.1. The number of carbonyl (C=O) groups excluding carboxylic acids is 1. The highest BCUT2D eigenvalue weighted by atomic mass is 16.3. The van der Waals surface area contributed by atoms with E-state index in [-0.39, 0.29) is 23.2 Å². The molecule has 2 fully saturated rings. The minimum Gasteiger partial charge on any atom is -0.393 e. The van der Waals surface area contributed by atoms with E-state index in [4.69, 9.17) is 0 Å². The Morgan fingerprint density at radius 2 is 2.11 bits per heavy atom. The van der Waals surface area contributed by atoms with E-state index in [1.54, 1.807) is 6.08 Å². The van der Waals surface area contributed by atoms with Crippen molar-refractivity contribution in [3.05, 3.63) is 23.8 Å². The second kappa shape index (κ2) is 4.31. The van der Waals surface area contributed by atoms with Crippen molar-refractivity contribution in [3.63, 3.8) is 0 Å². The van der Waals surface area contributed by atoms with Gasteiger partial charge in [0.1, 0.15) is 0 Å². The van der Waals surface area contributed by atoms with Gasteiger partial charge < -0.3 is 5.11 Å². The largest absolute Gasteiger partial charge is 0.393 e. The second-order valence-electron chi connectivity index (χ2n) is 7.06. The summed E-state index contributed by atoms with van der Waals surface area (Å²) in [6, 6.07) is 0. The molecule has 3 aliphatic carbocycles. The quantitative estimate of drug-likeness (QED) is 0.726. The van der Waals surface area contributed by atoms with E-state index in [2.05, 4.69) is 26.8 Å². The van der Waals surface area contributed by atoms with Crippen molar-refractivity contribution in [2.75, 3.05) is 0 Å². The number of carbonyl (C=O) groups is 1. The monoisotopic (exact) mass is 260 g/mol. The first kappa shape index (κ1) is 13.1. The van der Waals surface area contributed by atoms with Crippen LogP contribution in [0.25, 0.3) is 0 Å². The fraction of sp³-hybridized carbons (Fsp3) is 0.706. The first-order valence-corrected chi connectivity index (χ1v) is 7.56. The van der Waals surface area contributed by atoms with Crippen molar-refractivity contribution in [2.45, 2.75) is 46.1 Å². The molecule has 19 heavy (non-hydrogen) atoms. The molecule has 2 nitrogen and oxygen atoms in total. The zero-order valence-electron chi connectivity index (χ0n) is 12.1. The maximum Gasteiger partial charge on any atom is 0.178 e. The third kappa shape index (κ3) is 1.84. The van der Waals surface area contributed by atoms with Crippen molar-refractivity contribution >= 4 is 5.78 Å². The van der Waals surface area contributed by atoms with Crippen LogP contribution in [0.4, 0.5) is 0 Å². The van der Waals surface area contributed by atoms with Crippen LogP contribution >= 0.6 is 0 Å². The SMILES string of the molecule is CC1C2CCC3=CC(=O)C=C[C@]3(C)C2[C@@H](O)C[C@H]1C. The van der Waals surface area contributed by atoms with Crippen LogP contribution < -0.4 is 0 Å². The van der Waals surface area contributed by atoms with Gasteiger partial charge in [-0.05, 0) is 49.2 Å². The van der Waals surface area contributed by atoms with Gasteiger partial charge in [0.25, 0.3) is 0 Å². The van der Waals surface area contributed by atoms with Gasteiger partial charge in [0, 0.05) is 11.3 Å². The summed E-state index contributed by atoms with van der Waals surface area (Å²) in [5.74, 6) is 2.23. The molecule has 3 unspecified atom stereocenters. The van der Waals surface area contributed by atoms with E-state index in [0.29, 0.717) is 17.8 Å². The molecule has 0 heterocycles. The van der Waals surface area contributed by atoms with Crippen LogP contribution in [0.15, 0.2) is 23.8 Å². The minimum absolute atomic E-state index is 0.107. The lowest BCUT2D eigenvalue weighted by Crippen LogP contribution is -2.52. The van der Waals surface area contributed by atoms with Crippen LogP contribution in [-0.4, -0.2) is 17.0 Å². The lowest BCUT2D eigenvalue weighted by atomic mass is 9.50. The summed E-state index contributed by atoms with van der Waals surface area (Å²) in [7, 11) is 0. The van der Waals surface area contributed by atoms with Crippen molar-refractivity contribution < 1.29 is 9.90 Å². The maximum atomic E-state index is 11.6. The third-order valence-electron chi connectivity index (χ3n) is 6.10. The summed E-state index contributed by atoms with van der Waals surface area (Å²) in [5, 5.41) is 10.6. The molecule has 1 N–H and O–H groups in total. The van der Waals surface area contributed by atoms with E-state index in [1.165, 1.54) is 5.57 Å². The number of hydrogen-bond acceptors (Lipinski definition) is 2. The summed E-state index contributed by atoms with van der Waals surface area (Å²) in [4.78, 5) is 11.6. The van der Waals surface area contributed by atoms with Crippen molar-refractivity contribution in [2.24, 2.45) is 29.1 Å². The van der Waals surface area contributed by atoms with Crippen LogP contribution in [0.1, 0.15) is 40.0 Å². The van der Waals surface area contributed by atoms with Gasteiger partial charge in [-0.25, -0.2) is 0 Å². The van der Waals surface area contributed by atoms with E-state index >= 15 is 0 Å². The van der Waals surface area contributed by atoms with Crippen molar-refractivity contribution in [3.8, 4) is 0 Å². The summed E-state index contributed by atoms with van der Waals surface area (Å²) < 4.78 is 0. The summed E-state index contributed by atoms with van der Waals surface area (Å²) in [5.41, 5.74) is 1.13. The molecule has 2 heteroatoms. The van der Waals surface area contributed by atoms with Crippen LogP contribution in [0.5, 0.6) is 0 Å². The van der Waals surface area contributed by atoms with E-state index in [0.717, 1.165) is 19.3 Å². The molecule has 0 aromatic rings. The molecular weight excluding hydrogens is 236 g/mol. The number of hydrogen-bond donors (Lipinski definition) is 1. The molecule has 0 amide bonds. The van der Waals surface area contributed by atoms with Gasteiger partial charge in [0.2, 0.25) is 0 Å². The molecule has 2 saturated carbocycles. The smallest absolute Gasteiger partial charge is 0.178 e. The number of allylic oxidation sites excluding steroid dienone is 4. The fourth-order valence-electron chi connectivity index (χ4n) is 4.79. The Kier molecular flexibility index (Phi) is 2.97. The number of aliphatic hydroxyl groups excluding tert-OH is 1. The Morgan fingerprint density at radius 3 is 2.84 bits per heavy atom. The molecule has 0 aromatic carbocycles. The molecular formula is C17H24O2. The van der Waals surface area contributed by atoms with Gasteiger partial charge in [0.15, 0.2) is 5.78 Å². The highest BCUT2D eigenvalue weighted by Gasteiger charge is 2.52. The summed E-state index contributed by atoms with van der Waals surface area (Å²) in [6.07, 6.45) is 8.36. The van der Waals surface area contributed by atoms with E-state index in [1.807, 2.05) is 6.08 Å². The number of fused-ring (bicyclic) bond motifs is 3. The standard InChI is InChI=1S/C17H24O2/c1-10-8-15(19)16-14(11(10)2)5-4-12-9-13(18)6-7-17(12,16)3/h6-7,9-11,14-16,19H,4-5,8H2,1-3H3/t10-,11?,14?,15+,16?,17+/m1/s1. The molecule has 3 aliphatic rings.